The average Bonchev–Trinajstić information content (AvgIpc) is 3.17. The third-order valence-corrected chi connectivity index (χ3v) is 3.37. The number of carbonyl (C=O) groups excluding carboxylic acids is 1. The van der Waals surface area contributed by atoms with E-state index in [-0.39, 0.29) is 17.9 Å². The van der Waals surface area contributed by atoms with Crippen molar-refractivity contribution in [2.24, 2.45) is 5.73 Å². The van der Waals surface area contributed by atoms with Crippen molar-refractivity contribution < 1.29 is 9.53 Å². The summed E-state index contributed by atoms with van der Waals surface area (Å²) < 4.78 is 5.13. The predicted molar refractivity (Wildman–Crippen MR) is 66.0 cm³/mol. The molecule has 0 aliphatic heterocycles. The molecule has 0 saturated heterocycles. The average molecular weight is 234 g/mol. The van der Waals surface area contributed by atoms with Gasteiger partial charge in [0.15, 0.2) is 0 Å². The summed E-state index contributed by atoms with van der Waals surface area (Å²) in [6, 6.07) is 8.06. The second-order valence-electron chi connectivity index (χ2n) is 4.49. The van der Waals surface area contributed by atoms with E-state index in [0.29, 0.717) is 6.54 Å². The fourth-order valence-electron chi connectivity index (χ4n) is 2.00. The number of methoxy groups -OCH3 is 1. The molecule has 1 amide bonds. The molecule has 3 N–H and O–H groups in total. The quantitative estimate of drug-likeness (QED) is 0.792. The Balaban J connectivity index is 2.02. The van der Waals surface area contributed by atoms with Gasteiger partial charge in [-0.2, -0.15) is 0 Å². The third-order valence-electron chi connectivity index (χ3n) is 3.37. The van der Waals surface area contributed by atoms with Gasteiger partial charge in [0.05, 0.1) is 13.7 Å². The number of rotatable bonds is 5. The highest BCUT2D eigenvalue weighted by molar-refractivity contribution is 5.77. The Morgan fingerprint density at radius 3 is 2.53 bits per heavy atom. The molecule has 0 atom stereocenters. The maximum atomic E-state index is 11.2. The van der Waals surface area contributed by atoms with Gasteiger partial charge in [0.1, 0.15) is 5.75 Å². The number of hydrogen-bond donors (Lipinski definition) is 2. The first-order valence-electron chi connectivity index (χ1n) is 5.81. The van der Waals surface area contributed by atoms with Crippen LogP contribution in [0.15, 0.2) is 24.3 Å². The zero-order chi connectivity index (χ0) is 12.3. The van der Waals surface area contributed by atoms with Gasteiger partial charge in [-0.05, 0) is 30.5 Å². The largest absolute Gasteiger partial charge is 0.497 e. The molecule has 0 aromatic heterocycles. The fraction of sp³-hybridized carbons (Fsp3) is 0.462. The smallest absolute Gasteiger partial charge is 0.233 e. The highest BCUT2D eigenvalue weighted by atomic mass is 16.5. The minimum absolute atomic E-state index is 0.0543. The molecule has 4 nitrogen and oxygen atoms in total. The lowest BCUT2D eigenvalue weighted by Crippen LogP contribution is -2.36. The van der Waals surface area contributed by atoms with E-state index in [1.54, 1.807) is 7.11 Å². The van der Waals surface area contributed by atoms with Crippen molar-refractivity contribution in [2.45, 2.75) is 18.3 Å². The summed E-state index contributed by atoms with van der Waals surface area (Å²) in [5.41, 5.74) is 6.65. The summed E-state index contributed by atoms with van der Waals surface area (Å²) in [5.74, 6) is 0.764. The van der Waals surface area contributed by atoms with Gasteiger partial charge in [-0.15, -0.1) is 0 Å². The molecule has 4 heteroatoms. The Kier molecular flexibility index (Phi) is 3.33. The number of nitrogens with two attached hydrogens (primary N) is 1. The molecular weight excluding hydrogens is 216 g/mol. The molecule has 1 aliphatic carbocycles. The molecule has 1 fully saturated rings. The molecular formula is C13H18N2O2. The Hall–Kier alpha value is -1.55. The summed E-state index contributed by atoms with van der Waals surface area (Å²) >= 11 is 0. The molecule has 1 aliphatic rings. The summed E-state index contributed by atoms with van der Waals surface area (Å²) in [7, 11) is 1.66. The maximum absolute atomic E-state index is 11.2. The van der Waals surface area contributed by atoms with Crippen LogP contribution in [0.1, 0.15) is 18.4 Å². The number of hydrogen-bond acceptors (Lipinski definition) is 3. The van der Waals surface area contributed by atoms with Crippen LogP contribution in [0.4, 0.5) is 0 Å². The third kappa shape index (κ3) is 2.58. The van der Waals surface area contributed by atoms with E-state index in [2.05, 4.69) is 17.4 Å². The molecule has 0 heterocycles. The van der Waals surface area contributed by atoms with Gasteiger partial charge < -0.3 is 15.8 Å². The monoisotopic (exact) mass is 234 g/mol. The number of ether oxygens (including phenoxy) is 1. The van der Waals surface area contributed by atoms with E-state index in [9.17, 15) is 4.79 Å². The van der Waals surface area contributed by atoms with Crippen molar-refractivity contribution in [3.8, 4) is 5.75 Å². The maximum Gasteiger partial charge on any atom is 0.233 e. The molecule has 92 valence electrons. The minimum atomic E-state index is -0.0928. The van der Waals surface area contributed by atoms with E-state index in [1.165, 1.54) is 5.56 Å². The van der Waals surface area contributed by atoms with Crippen LogP contribution in [0.3, 0.4) is 0 Å². The molecule has 1 aromatic carbocycles. The lowest BCUT2D eigenvalue weighted by molar-refractivity contribution is -0.119. The van der Waals surface area contributed by atoms with Crippen LogP contribution in [0.25, 0.3) is 0 Å². The topological polar surface area (TPSA) is 64.3 Å². The number of nitrogens with one attached hydrogen (secondary N) is 1. The lowest BCUT2D eigenvalue weighted by Gasteiger charge is -2.16. The SMILES string of the molecule is COc1ccc(C2(CNC(=O)CN)CC2)cc1. The highest BCUT2D eigenvalue weighted by Crippen LogP contribution is 2.47. The van der Waals surface area contributed by atoms with Gasteiger partial charge >= 0.3 is 0 Å². The molecule has 1 saturated carbocycles. The van der Waals surface area contributed by atoms with E-state index < -0.39 is 0 Å². The van der Waals surface area contributed by atoms with Crippen LogP contribution < -0.4 is 15.8 Å². The van der Waals surface area contributed by atoms with Crippen molar-refractivity contribution in [3.05, 3.63) is 29.8 Å². The molecule has 2 rings (SSSR count). The highest BCUT2D eigenvalue weighted by Gasteiger charge is 2.44. The second-order valence-corrected chi connectivity index (χ2v) is 4.49. The summed E-state index contributed by atoms with van der Waals surface area (Å²) in [6.45, 7) is 0.730. The molecule has 0 spiro atoms. The zero-order valence-corrected chi connectivity index (χ0v) is 10.0. The van der Waals surface area contributed by atoms with E-state index in [4.69, 9.17) is 10.5 Å². The molecule has 0 bridgehead atoms. The molecule has 0 unspecified atom stereocenters. The molecule has 1 aromatic rings. The van der Waals surface area contributed by atoms with Gasteiger partial charge in [-0.1, -0.05) is 12.1 Å². The van der Waals surface area contributed by atoms with Crippen LogP contribution in [0.5, 0.6) is 5.75 Å². The van der Waals surface area contributed by atoms with Crippen molar-refractivity contribution in [1.82, 2.24) is 5.32 Å². The van der Waals surface area contributed by atoms with Gasteiger partial charge in [0.2, 0.25) is 5.91 Å². The Bertz CT molecular complexity index is 396. The van der Waals surface area contributed by atoms with Crippen LogP contribution in [-0.2, 0) is 10.2 Å². The van der Waals surface area contributed by atoms with Gasteiger partial charge in [-0.3, -0.25) is 4.79 Å². The van der Waals surface area contributed by atoms with Crippen molar-refractivity contribution in [2.75, 3.05) is 20.2 Å². The zero-order valence-electron chi connectivity index (χ0n) is 10.0. The Labute approximate surface area is 101 Å². The number of carbonyl (C=O) groups is 1. The number of benzene rings is 1. The standard InChI is InChI=1S/C13H18N2O2/c1-17-11-4-2-10(3-5-11)13(6-7-13)9-15-12(16)8-14/h2-5H,6-9,14H2,1H3,(H,15,16). The van der Waals surface area contributed by atoms with Gasteiger partial charge in [-0.25, -0.2) is 0 Å². The summed E-state index contributed by atoms with van der Waals surface area (Å²) in [5, 5.41) is 2.87. The van der Waals surface area contributed by atoms with Crippen LogP contribution in [0, 0.1) is 0 Å². The van der Waals surface area contributed by atoms with Gasteiger partial charge in [0.25, 0.3) is 0 Å². The second kappa shape index (κ2) is 4.75. The first-order valence-corrected chi connectivity index (χ1v) is 5.81. The Morgan fingerprint density at radius 1 is 1.41 bits per heavy atom. The van der Waals surface area contributed by atoms with Crippen molar-refractivity contribution >= 4 is 5.91 Å². The van der Waals surface area contributed by atoms with Crippen LogP contribution >= 0.6 is 0 Å². The molecule has 0 radical (unpaired) electrons. The minimum Gasteiger partial charge on any atom is -0.497 e. The van der Waals surface area contributed by atoms with Crippen molar-refractivity contribution in [1.29, 1.82) is 0 Å². The van der Waals surface area contributed by atoms with E-state index in [1.807, 2.05) is 12.1 Å². The van der Waals surface area contributed by atoms with Crippen LogP contribution in [-0.4, -0.2) is 26.1 Å². The van der Waals surface area contributed by atoms with E-state index >= 15 is 0 Å². The van der Waals surface area contributed by atoms with Crippen LogP contribution in [0.2, 0.25) is 0 Å². The summed E-state index contributed by atoms with van der Waals surface area (Å²) in [4.78, 5) is 11.2. The van der Waals surface area contributed by atoms with Gasteiger partial charge in [0, 0.05) is 12.0 Å². The lowest BCUT2D eigenvalue weighted by atomic mass is 9.96. The fourth-order valence-corrected chi connectivity index (χ4v) is 2.00. The first kappa shape index (κ1) is 11.9. The summed E-state index contributed by atoms with van der Waals surface area (Å²) in [6.07, 6.45) is 2.23. The molecule has 17 heavy (non-hydrogen) atoms. The predicted octanol–water partition coefficient (Wildman–Crippen LogP) is 0.802. The van der Waals surface area contributed by atoms with E-state index in [0.717, 1.165) is 18.6 Å². The van der Waals surface area contributed by atoms with Crippen molar-refractivity contribution in [3.63, 3.8) is 0 Å². The normalized spacial score (nSPS) is 16.4. The Morgan fingerprint density at radius 2 is 2.06 bits per heavy atom. The number of amides is 1. The first-order chi connectivity index (χ1) is 8.20.